The van der Waals surface area contributed by atoms with E-state index in [0.717, 1.165) is 12.8 Å². The number of carbonyl (C=O) groups is 1. The van der Waals surface area contributed by atoms with Crippen LogP contribution in [0.15, 0.2) is 35.4 Å². The molecule has 2 bridgehead atoms. The molecule has 3 fully saturated rings. The number of likely N-dealkylation sites (tertiary alicyclic amines) is 1. The molecular weight excluding hydrogens is 384 g/mol. The molecule has 1 aromatic heterocycles. The molecule has 4 heterocycles. The molecule has 5 rings (SSSR count). The van der Waals surface area contributed by atoms with Crippen LogP contribution in [0, 0.1) is 16.7 Å². The summed E-state index contributed by atoms with van der Waals surface area (Å²) in [5.74, 6) is 0.0570. The lowest BCUT2D eigenvalue weighted by Crippen LogP contribution is -2.55. The van der Waals surface area contributed by atoms with Gasteiger partial charge in [-0.05, 0) is 30.7 Å². The van der Waals surface area contributed by atoms with Gasteiger partial charge in [0.05, 0.1) is 11.1 Å². The number of aromatic amines is 1. The molecule has 1 amide bonds. The fourth-order valence-corrected chi connectivity index (χ4v) is 7.15. The quantitative estimate of drug-likeness (QED) is 0.688. The highest BCUT2D eigenvalue weighted by Gasteiger charge is 2.60. The van der Waals surface area contributed by atoms with Crippen LogP contribution in [-0.2, 0) is 10.0 Å². The van der Waals surface area contributed by atoms with Gasteiger partial charge in [0.2, 0.25) is 10.0 Å². The van der Waals surface area contributed by atoms with Gasteiger partial charge in [-0.15, -0.1) is 0 Å². The number of sulfonamides is 1. The molecule has 2 N–H and O–H groups in total. The van der Waals surface area contributed by atoms with Gasteiger partial charge < -0.3 is 4.90 Å². The smallest absolute Gasteiger partial charge is 0.276 e. The lowest BCUT2D eigenvalue weighted by atomic mass is 9.82. The number of nitrogens with one attached hydrogen (secondary N) is 2. The molecule has 10 nitrogen and oxygen atoms in total. The Morgan fingerprint density at radius 2 is 1.89 bits per heavy atom. The van der Waals surface area contributed by atoms with Crippen LogP contribution in [-0.4, -0.2) is 64.1 Å². The van der Waals surface area contributed by atoms with Gasteiger partial charge in [0, 0.05) is 47.4 Å². The Kier molecular flexibility index (Phi) is 3.85. The van der Waals surface area contributed by atoms with Crippen molar-refractivity contribution in [3.63, 3.8) is 0 Å². The number of aromatic nitrogens is 3. The predicted octanol–water partition coefficient (Wildman–Crippen LogP) is -0.793. The molecule has 3 aliphatic heterocycles. The highest BCUT2D eigenvalue weighted by molar-refractivity contribution is 7.89. The van der Waals surface area contributed by atoms with Crippen molar-refractivity contribution in [2.45, 2.75) is 29.8 Å². The van der Waals surface area contributed by atoms with Crippen molar-refractivity contribution in [3.8, 4) is 0 Å². The number of hydrogen-bond donors (Lipinski definition) is 2. The normalized spacial score (nSPS) is 29.2. The number of nitrogens with zero attached hydrogens (tertiary/aromatic N) is 4. The topological polar surface area (TPSA) is 130 Å². The van der Waals surface area contributed by atoms with Crippen LogP contribution in [0.3, 0.4) is 0 Å². The monoisotopic (exact) mass is 403 g/mol. The van der Waals surface area contributed by atoms with E-state index in [0.29, 0.717) is 13.1 Å². The third kappa shape index (κ3) is 2.42. The molecule has 28 heavy (non-hydrogen) atoms. The maximum atomic E-state index is 13.3. The SMILES string of the molecule is O=[NH+]c1cccc(S(=O)(=O)N2[C@@H]3CC[C@H]2[C@@H]2CN(C(=O)c4cn[nH]n4)C[C@@H]23)c1. The molecular formula is C17H19N6O4S+. The van der Waals surface area contributed by atoms with Crippen molar-refractivity contribution in [3.05, 3.63) is 41.1 Å². The first-order valence-corrected chi connectivity index (χ1v) is 10.6. The van der Waals surface area contributed by atoms with Crippen LogP contribution in [0.2, 0.25) is 0 Å². The van der Waals surface area contributed by atoms with E-state index in [4.69, 9.17) is 0 Å². The van der Waals surface area contributed by atoms with Crippen LogP contribution in [0.5, 0.6) is 0 Å². The van der Waals surface area contributed by atoms with Gasteiger partial charge in [-0.25, -0.2) is 8.42 Å². The fraction of sp³-hybridized carbons (Fsp3) is 0.471. The first kappa shape index (κ1) is 17.4. The Labute approximate surface area is 160 Å². The molecule has 11 heteroatoms. The van der Waals surface area contributed by atoms with E-state index in [1.54, 1.807) is 20.4 Å². The summed E-state index contributed by atoms with van der Waals surface area (Å²) < 4.78 is 28.2. The summed E-state index contributed by atoms with van der Waals surface area (Å²) in [4.78, 5) is 25.4. The summed E-state index contributed by atoms with van der Waals surface area (Å²) in [6.07, 6.45) is 2.98. The number of rotatable bonds is 4. The minimum atomic E-state index is -3.71. The van der Waals surface area contributed by atoms with Crippen LogP contribution >= 0.6 is 0 Å². The number of nitroso groups, excluding NO2 is 1. The van der Waals surface area contributed by atoms with Gasteiger partial charge in [0.25, 0.3) is 11.6 Å². The average molecular weight is 403 g/mol. The predicted molar refractivity (Wildman–Crippen MR) is 95.5 cm³/mol. The Morgan fingerprint density at radius 3 is 2.50 bits per heavy atom. The van der Waals surface area contributed by atoms with E-state index >= 15 is 0 Å². The molecule has 3 aliphatic rings. The second-order valence-corrected chi connectivity index (χ2v) is 9.41. The Morgan fingerprint density at radius 1 is 1.18 bits per heavy atom. The number of H-pyrrole nitrogens is 1. The zero-order valence-corrected chi connectivity index (χ0v) is 15.7. The van der Waals surface area contributed by atoms with Gasteiger partial charge in [-0.1, -0.05) is 6.07 Å². The van der Waals surface area contributed by atoms with Crippen molar-refractivity contribution in [1.82, 2.24) is 24.6 Å². The summed E-state index contributed by atoms with van der Waals surface area (Å²) >= 11 is 0. The van der Waals surface area contributed by atoms with Gasteiger partial charge in [-0.2, -0.15) is 19.7 Å². The van der Waals surface area contributed by atoms with E-state index in [-0.39, 0.29) is 46.1 Å². The largest absolute Gasteiger partial charge is 0.336 e. The molecule has 146 valence electrons. The summed E-state index contributed by atoms with van der Waals surface area (Å²) in [5, 5.41) is 11.7. The minimum absolute atomic E-state index is 0.116. The van der Waals surface area contributed by atoms with E-state index in [1.165, 1.54) is 24.4 Å². The van der Waals surface area contributed by atoms with Crippen molar-refractivity contribution in [2.75, 3.05) is 13.1 Å². The van der Waals surface area contributed by atoms with E-state index in [2.05, 4.69) is 15.4 Å². The zero-order valence-electron chi connectivity index (χ0n) is 14.9. The maximum absolute atomic E-state index is 13.3. The minimum Gasteiger partial charge on any atom is -0.336 e. The number of carbonyl (C=O) groups excluding carboxylic acids is 1. The Hall–Kier alpha value is -2.66. The second kappa shape index (κ2) is 6.17. The van der Waals surface area contributed by atoms with Crippen LogP contribution in [0.25, 0.3) is 0 Å². The lowest BCUT2D eigenvalue weighted by molar-refractivity contribution is -0.379. The molecule has 0 aliphatic carbocycles. The first-order chi connectivity index (χ1) is 13.5. The standard InChI is InChI=1S/C17H18N6O4S/c24-17(14-7-18-21-19-14)22-8-12-13(9-22)16-5-4-15(12)23(16)28(26,27)11-3-1-2-10(6-11)20-25/h1-3,6-7,12-13,15-16H,4-5,8-9H2,(H,18,19,21)/p+1/t12-,13+,15+,16-. The second-order valence-electron chi connectivity index (χ2n) is 7.57. The summed E-state index contributed by atoms with van der Waals surface area (Å²) in [6.45, 7) is 1.04. The molecule has 0 unspecified atom stereocenters. The lowest BCUT2D eigenvalue weighted by Gasteiger charge is -2.26. The van der Waals surface area contributed by atoms with Gasteiger partial charge in [0.15, 0.2) is 5.69 Å². The Balaban J connectivity index is 1.41. The van der Waals surface area contributed by atoms with Gasteiger partial charge in [0.1, 0.15) is 0 Å². The van der Waals surface area contributed by atoms with E-state index < -0.39 is 10.0 Å². The van der Waals surface area contributed by atoms with Crippen LogP contribution in [0.1, 0.15) is 23.3 Å². The van der Waals surface area contributed by atoms with Crippen LogP contribution < -0.4 is 5.18 Å². The number of hydrogen-bond acceptors (Lipinski definition) is 6. The number of amides is 1. The number of benzene rings is 1. The molecule has 3 saturated heterocycles. The van der Waals surface area contributed by atoms with E-state index in [1.807, 2.05) is 0 Å². The molecule has 0 spiro atoms. The van der Waals surface area contributed by atoms with E-state index in [9.17, 15) is 18.1 Å². The molecule has 1 aromatic carbocycles. The van der Waals surface area contributed by atoms with Gasteiger partial charge in [-0.3, -0.25) is 4.79 Å². The molecule has 2 aromatic rings. The van der Waals surface area contributed by atoms with Crippen molar-refractivity contribution < 1.29 is 18.4 Å². The summed E-state index contributed by atoms with van der Waals surface area (Å²) in [5.41, 5.74) is 0.496. The van der Waals surface area contributed by atoms with Crippen molar-refractivity contribution >= 4 is 21.6 Å². The fourth-order valence-electron chi connectivity index (χ4n) is 5.15. The van der Waals surface area contributed by atoms with Crippen LogP contribution in [0.4, 0.5) is 5.69 Å². The summed E-state index contributed by atoms with van der Waals surface area (Å²) in [7, 11) is -3.71. The molecule has 0 radical (unpaired) electrons. The zero-order chi connectivity index (χ0) is 19.5. The number of fused-ring (bicyclic) bond motifs is 5. The van der Waals surface area contributed by atoms with Crippen molar-refractivity contribution in [1.29, 1.82) is 0 Å². The first-order valence-electron chi connectivity index (χ1n) is 9.17. The molecule has 4 atom stereocenters. The third-order valence-corrected chi connectivity index (χ3v) is 8.21. The molecule has 0 saturated carbocycles. The Bertz CT molecular complexity index is 1020. The maximum Gasteiger partial charge on any atom is 0.276 e. The average Bonchev–Trinajstić information content (AvgIpc) is 3.48. The van der Waals surface area contributed by atoms with Crippen molar-refractivity contribution in [2.24, 2.45) is 11.8 Å². The highest BCUT2D eigenvalue weighted by Crippen LogP contribution is 2.51. The highest BCUT2D eigenvalue weighted by atomic mass is 32.2. The van der Waals surface area contributed by atoms with Gasteiger partial charge >= 0.3 is 0 Å². The summed E-state index contributed by atoms with van der Waals surface area (Å²) in [6, 6.07) is 5.73. The third-order valence-electron chi connectivity index (χ3n) is 6.26.